The number of nitrogens with zero attached hydrogens (tertiary/aromatic N) is 4. The van der Waals surface area contributed by atoms with E-state index < -0.39 is 22.9 Å². The third kappa shape index (κ3) is 9.31. The molecule has 0 aromatic heterocycles. The van der Waals surface area contributed by atoms with Gasteiger partial charge in [0.05, 0.1) is 11.4 Å². The summed E-state index contributed by atoms with van der Waals surface area (Å²) in [5.41, 5.74) is 7.16. The summed E-state index contributed by atoms with van der Waals surface area (Å²) in [5.74, 6) is 1.77. The van der Waals surface area contributed by atoms with Gasteiger partial charge in [0.2, 0.25) is 0 Å². The molecule has 0 aliphatic carbocycles. The maximum Gasteiger partial charge on any atom is 0.438 e. The Morgan fingerprint density at radius 2 is 0.953 bits per heavy atom. The number of hydrogen-bond acceptors (Lipinski definition) is 16. The van der Waals surface area contributed by atoms with E-state index in [9.17, 15) is 9.59 Å². The van der Waals surface area contributed by atoms with Gasteiger partial charge in [-0.25, -0.2) is 9.59 Å². The van der Waals surface area contributed by atoms with Crippen molar-refractivity contribution in [2.45, 2.75) is 84.6 Å². The highest BCUT2D eigenvalue weighted by Crippen LogP contribution is 2.47. The molecule has 0 bridgehead atoms. The van der Waals surface area contributed by atoms with E-state index in [4.69, 9.17) is 28.6 Å². The van der Waals surface area contributed by atoms with E-state index in [1.54, 1.807) is 23.5 Å². The lowest BCUT2D eigenvalue weighted by Crippen LogP contribution is -2.53. The van der Waals surface area contributed by atoms with E-state index in [0.29, 0.717) is 25.0 Å². The molecule has 338 valence electrons. The van der Waals surface area contributed by atoms with Gasteiger partial charge in [0, 0.05) is 35.0 Å². The topological polar surface area (TPSA) is 127 Å². The van der Waals surface area contributed by atoms with Crippen LogP contribution in [0.4, 0.5) is 11.4 Å². The number of piperidine rings is 2. The van der Waals surface area contributed by atoms with Crippen LogP contribution in [0.15, 0.2) is 107 Å². The number of rotatable bonds is 12. The van der Waals surface area contributed by atoms with Crippen LogP contribution in [0.3, 0.4) is 0 Å². The average molecular weight is 909 g/mol. The molecule has 6 atom stereocenters. The van der Waals surface area contributed by atoms with Crippen LogP contribution in [0, 0.1) is 11.8 Å². The Hall–Kier alpha value is -4.84. The van der Waals surface area contributed by atoms with Crippen molar-refractivity contribution >= 4 is 46.8 Å². The third-order valence-electron chi connectivity index (χ3n) is 13.5. The van der Waals surface area contributed by atoms with Crippen molar-refractivity contribution in [2.75, 3.05) is 62.3 Å². The highest BCUT2D eigenvalue weighted by Gasteiger charge is 2.41. The maximum atomic E-state index is 13.2. The largest absolute Gasteiger partial charge is 0.486 e. The number of benzene rings is 4. The van der Waals surface area contributed by atoms with Gasteiger partial charge < -0.3 is 38.4 Å². The fourth-order valence-corrected chi connectivity index (χ4v) is 12.5. The maximum absolute atomic E-state index is 13.2. The number of fused-ring (bicyclic) bond motifs is 4. The number of para-hydroxylation sites is 6. The molecule has 2 N–H and O–H groups in total. The number of hydroxylamine groups is 2. The molecule has 2 saturated heterocycles. The molecule has 2 fully saturated rings. The number of hydrogen-bond donors (Lipinski definition) is 2. The van der Waals surface area contributed by atoms with Crippen LogP contribution < -0.4 is 39.7 Å². The van der Waals surface area contributed by atoms with Crippen LogP contribution in [0.25, 0.3) is 0 Å². The summed E-state index contributed by atoms with van der Waals surface area (Å²) in [6, 6.07) is 32.3. The van der Waals surface area contributed by atoms with Gasteiger partial charge in [0.25, 0.3) is 0 Å². The van der Waals surface area contributed by atoms with Gasteiger partial charge in [0.15, 0.2) is 34.0 Å². The van der Waals surface area contributed by atoms with E-state index in [1.807, 2.05) is 72.8 Å². The van der Waals surface area contributed by atoms with Gasteiger partial charge >= 0.3 is 11.9 Å². The first-order chi connectivity index (χ1) is 31.3. The van der Waals surface area contributed by atoms with Crippen molar-refractivity contribution < 1.29 is 38.2 Å². The summed E-state index contributed by atoms with van der Waals surface area (Å²) in [4.78, 5) is 49.1. The van der Waals surface area contributed by atoms with E-state index in [-0.39, 0.29) is 24.3 Å². The normalized spacial score (nSPS) is 24.4. The molecule has 64 heavy (non-hydrogen) atoms. The minimum absolute atomic E-state index is 0.00972. The van der Waals surface area contributed by atoms with Crippen molar-refractivity contribution in [1.29, 1.82) is 0 Å². The van der Waals surface area contributed by atoms with Crippen molar-refractivity contribution in [1.82, 2.24) is 20.8 Å². The van der Waals surface area contributed by atoms with Gasteiger partial charge in [-0.1, -0.05) is 72.1 Å². The molecule has 6 heterocycles. The fourth-order valence-electron chi connectivity index (χ4n) is 10.0. The van der Waals surface area contributed by atoms with Crippen LogP contribution in [0.2, 0.25) is 0 Å². The molecule has 4 aromatic rings. The molecule has 0 spiro atoms. The SMILES string of the molecule is CC(C1CCN(CC2COc3ccccc3O2)CC1)N1c2ccccc2SC1NOC(=O)C(=O)ONC1Sc2ccccc2N1C(C)C1CCN(CC2COc3ccccc3O2)CC1. The molecule has 0 radical (unpaired) electrons. The van der Waals surface area contributed by atoms with Crippen molar-refractivity contribution in [3.8, 4) is 23.0 Å². The lowest BCUT2D eigenvalue weighted by Gasteiger charge is -2.42. The molecule has 4 aromatic carbocycles. The summed E-state index contributed by atoms with van der Waals surface area (Å²) in [7, 11) is 0. The molecule has 10 rings (SSSR count). The summed E-state index contributed by atoms with van der Waals surface area (Å²) in [5, 5.41) is 0. The van der Waals surface area contributed by atoms with Gasteiger partial charge in [-0.05, 0) is 126 Å². The molecule has 0 amide bonds. The first kappa shape index (κ1) is 43.1. The van der Waals surface area contributed by atoms with Crippen LogP contribution in [0.5, 0.6) is 23.0 Å². The van der Waals surface area contributed by atoms with Crippen molar-refractivity contribution in [3.63, 3.8) is 0 Å². The second-order valence-electron chi connectivity index (χ2n) is 17.5. The van der Waals surface area contributed by atoms with Crippen molar-refractivity contribution in [2.24, 2.45) is 11.8 Å². The van der Waals surface area contributed by atoms with E-state index >= 15 is 0 Å². The predicted molar refractivity (Wildman–Crippen MR) is 246 cm³/mol. The zero-order valence-corrected chi connectivity index (χ0v) is 37.8. The summed E-state index contributed by atoms with van der Waals surface area (Å²) in [6.07, 6.45) is 4.03. The van der Waals surface area contributed by atoms with E-state index in [2.05, 4.69) is 68.7 Å². The number of likely N-dealkylation sites (tertiary alicyclic amines) is 2. The molecule has 14 nitrogen and oxygen atoms in total. The third-order valence-corrected chi connectivity index (χ3v) is 15.8. The van der Waals surface area contributed by atoms with Crippen LogP contribution >= 0.6 is 23.5 Å². The second kappa shape index (κ2) is 19.3. The number of thioether (sulfide) groups is 2. The number of carbonyl (C=O) groups is 2. The number of anilines is 2. The Morgan fingerprint density at radius 1 is 0.578 bits per heavy atom. The molecular formula is C48H56N6O8S2. The van der Waals surface area contributed by atoms with Gasteiger partial charge in [-0.2, -0.15) is 0 Å². The Labute approximate surface area is 383 Å². The molecule has 6 unspecified atom stereocenters. The Kier molecular flexibility index (Phi) is 13.0. The number of ether oxygens (including phenoxy) is 4. The van der Waals surface area contributed by atoms with E-state index in [0.717, 1.165) is 109 Å². The Balaban J connectivity index is 0.707. The Bertz CT molecular complexity index is 2120. The van der Waals surface area contributed by atoms with Crippen LogP contribution in [0.1, 0.15) is 39.5 Å². The molecular weight excluding hydrogens is 853 g/mol. The monoisotopic (exact) mass is 908 g/mol. The lowest BCUT2D eigenvalue weighted by atomic mass is 9.89. The predicted octanol–water partition coefficient (Wildman–Crippen LogP) is 6.75. The highest BCUT2D eigenvalue weighted by molar-refractivity contribution is 8.00. The van der Waals surface area contributed by atoms with Gasteiger partial charge in [-0.15, -0.1) is 11.0 Å². The lowest BCUT2D eigenvalue weighted by molar-refractivity contribution is -0.177. The minimum Gasteiger partial charge on any atom is -0.486 e. The summed E-state index contributed by atoms with van der Waals surface area (Å²) >= 11 is 3.13. The first-order valence-electron chi connectivity index (χ1n) is 22.6. The quantitative estimate of drug-likeness (QED) is 0.115. The first-order valence-corrected chi connectivity index (χ1v) is 24.3. The second-order valence-corrected chi connectivity index (χ2v) is 19.7. The zero-order valence-electron chi connectivity index (χ0n) is 36.2. The number of nitrogens with one attached hydrogen (secondary N) is 2. The number of carbonyl (C=O) groups excluding carboxylic acids is 2. The van der Waals surface area contributed by atoms with Gasteiger partial charge in [-0.3, -0.25) is 9.80 Å². The highest BCUT2D eigenvalue weighted by atomic mass is 32.2. The molecule has 16 heteroatoms. The van der Waals surface area contributed by atoms with Gasteiger partial charge in [0.1, 0.15) is 25.4 Å². The standard InChI is InChI=1S/C48H56N6O8S2/c1-31(33-19-23-51(24-20-33)27-35-29-57-39-13-5-7-15-41(39)59-35)53-37-11-3-9-17-43(37)63-47(53)49-61-45(55)46(56)62-50-48-54(38-12-4-10-18-44(38)64-48)32(2)34-21-25-52(26-22-34)28-36-30-58-40-14-6-8-16-42(40)60-36/h3-18,31-36,47-50H,19-30H2,1-2H3. The molecule has 6 aliphatic heterocycles. The van der Waals surface area contributed by atoms with Crippen LogP contribution in [-0.2, 0) is 19.3 Å². The molecule has 6 aliphatic rings. The van der Waals surface area contributed by atoms with Crippen LogP contribution in [-0.4, -0.2) is 110 Å². The summed E-state index contributed by atoms with van der Waals surface area (Å²) < 4.78 is 24.4. The smallest absolute Gasteiger partial charge is 0.438 e. The van der Waals surface area contributed by atoms with Crippen molar-refractivity contribution in [3.05, 3.63) is 97.1 Å². The minimum atomic E-state index is -1.12. The fraction of sp³-hybridized carbons (Fsp3) is 0.458. The molecule has 0 saturated carbocycles. The van der Waals surface area contributed by atoms with E-state index in [1.165, 1.54) is 0 Å². The summed E-state index contributed by atoms with van der Waals surface area (Å²) in [6.45, 7) is 11.0. The zero-order chi connectivity index (χ0) is 43.6. The Morgan fingerprint density at radius 3 is 1.38 bits per heavy atom. The average Bonchev–Trinajstić information content (AvgIpc) is 3.90.